The van der Waals surface area contributed by atoms with Crippen molar-refractivity contribution in [3.8, 4) is 11.4 Å². The number of halogens is 1. The third-order valence-corrected chi connectivity index (χ3v) is 5.96. The average molecular weight is 416 g/mol. The predicted molar refractivity (Wildman–Crippen MR) is 112 cm³/mol. The van der Waals surface area contributed by atoms with E-state index in [1.165, 1.54) is 40.2 Å². The van der Waals surface area contributed by atoms with E-state index in [1.54, 1.807) is 0 Å². The van der Waals surface area contributed by atoms with Crippen molar-refractivity contribution < 1.29 is 4.39 Å². The van der Waals surface area contributed by atoms with Crippen molar-refractivity contribution in [1.29, 1.82) is 0 Å². The fourth-order valence-electron chi connectivity index (χ4n) is 3.08. The van der Waals surface area contributed by atoms with Crippen LogP contribution in [0.2, 0.25) is 0 Å². The van der Waals surface area contributed by atoms with Crippen molar-refractivity contribution in [2.45, 2.75) is 13.8 Å². The summed E-state index contributed by atoms with van der Waals surface area (Å²) in [6, 6.07) is 11.7. The van der Waals surface area contributed by atoms with E-state index in [1.807, 2.05) is 30.5 Å². The zero-order valence-electron chi connectivity index (χ0n) is 14.4. The van der Waals surface area contributed by atoms with Gasteiger partial charge in [-0.15, -0.1) is 0 Å². The first-order valence-corrected chi connectivity index (χ1v) is 9.74. The Morgan fingerprint density at radius 3 is 2.41 bits per heavy atom. The zero-order valence-corrected chi connectivity index (χ0v) is 16.9. The molecule has 27 heavy (non-hydrogen) atoms. The Morgan fingerprint density at radius 1 is 1.04 bits per heavy atom. The van der Waals surface area contributed by atoms with Gasteiger partial charge < -0.3 is 4.98 Å². The number of nitrogens with one attached hydrogen (secondary N) is 1. The first kappa shape index (κ1) is 18.0. The Labute approximate surface area is 168 Å². The molecule has 0 unspecified atom stereocenters. The van der Waals surface area contributed by atoms with Gasteiger partial charge >= 0.3 is 0 Å². The summed E-state index contributed by atoms with van der Waals surface area (Å²) in [5.74, 6) is -0.376. The maximum Gasteiger partial charge on any atom is 0.278 e. The average Bonchev–Trinajstić information content (AvgIpc) is 2.93. The monoisotopic (exact) mass is 415 g/mol. The lowest BCUT2D eigenvalue weighted by Crippen LogP contribution is -2.20. The Balaban J connectivity index is 2.05. The van der Waals surface area contributed by atoms with E-state index in [2.05, 4.69) is 11.1 Å². The lowest BCUT2D eigenvalue weighted by Gasteiger charge is -2.11. The second-order valence-corrected chi connectivity index (χ2v) is 8.25. The number of aryl methyl sites for hydroxylation is 2. The topological polar surface area (TPSA) is 42.7 Å². The molecule has 1 N–H and O–H groups in total. The van der Waals surface area contributed by atoms with Crippen LogP contribution in [0.15, 0.2) is 47.3 Å². The highest BCUT2D eigenvalue weighted by atomic mass is 32.1. The molecule has 2 aromatic heterocycles. The number of aromatic nitrogens is 3. The Morgan fingerprint density at radius 2 is 1.74 bits per heavy atom. The predicted octanol–water partition coefficient (Wildman–Crippen LogP) is 5.39. The second kappa shape index (κ2) is 6.63. The van der Waals surface area contributed by atoms with Crippen molar-refractivity contribution in [2.75, 3.05) is 0 Å². The first-order chi connectivity index (χ1) is 12.9. The highest BCUT2D eigenvalue weighted by molar-refractivity contribution is 7.73. The fourth-order valence-corrected chi connectivity index (χ4v) is 4.68. The number of nitrogens with zero attached hydrogens (tertiary/aromatic N) is 2. The molecule has 4 nitrogen and oxygen atoms in total. The van der Waals surface area contributed by atoms with E-state index in [-0.39, 0.29) is 16.1 Å². The van der Waals surface area contributed by atoms with E-state index in [9.17, 15) is 9.18 Å². The molecule has 0 saturated heterocycles. The summed E-state index contributed by atoms with van der Waals surface area (Å²) in [7, 11) is 0. The SMILES string of the molecule is Cc1ccc(-n2c(=S)sc3c(=O)n(-c4ccc(F)cc4)c(=S)[nH]c32)c(C)c1. The van der Waals surface area contributed by atoms with Gasteiger partial charge in [0.15, 0.2) is 8.73 Å². The van der Waals surface area contributed by atoms with Crippen molar-refractivity contribution in [2.24, 2.45) is 0 Å². The van der Waals surface area contributed by atoms with Gasteiger partial charge in [0.1, 0.15) is 16.2 Å². The van der Waals surface area contributed by atoms with Gasteiger partial charge in [0, 0.05) is 0 Å². The van der Waals surface area contributed by atoms with Crippen LogP contribution in [-0.2, 0) is 0 Å². The fraction of sp³-hybridized carbons (Fsp3) is 0.105. The molecule has 8 heteroatoms. The van der Waals surface area contributed by atoms with Gasteiger partial charge in [-0.05, 0) is 74.2 Å². The first-order valence-electron chi connectivity index (χ1n) is 8.11. The Hall–Kier alpha value is -2.42. The molecule has 0 amide bonds. The minimum atomic E-state index is -0.376. The maximum absolute atomic E-state index is 13.2. The zero-order chi connectivity index (χ0) is 19.3. The van der Waals surface area contributed by atoms with Crippen LogP contribution in [0.1, 0.15) is 11.1 Å². The standard InChI is InChI=1S/C19H14FN3OS3/c1-10-3-8-14(11(2)9-10)23-16-15(27-19(23)26)17(24)22(18(25)21-16)13-6-4-12(20)5-7-13/h3-9H,1-2H3,(H,21,25). The summed E-state index contributed by atoms with van der Waals surface area (Å²) in [6.07, 6.45) is 0. The minimum absolute atomic E-state index is 0.227. The number of benzene rings is 2. The summed E-state index contributed by atoms with van der Waals surface area (Å²) < 4.78 is 17.7. The number of hydrogen-bond acceptors (Lipinski definition) is 4. The van der Waals surface area contributed by atoms with Gasteiger partial charge in [0.2, 0.25) is 0 Å². The molecule has 0 aliphatic carbocycles. The minimum Gasteiger partial charge on any atom is -0.316 e. The van der Waals surface area contributed by atoms with Crippen LogP contribution in [0.4, 0.5) is 4.39 Å². The number of rotatable bonds is 2. The number of fused-ring (bicyclic) bond motifs is 1. The van der Waals surface area contributed by atoms with Crippen molar-refractivity contribution in [3.05, 3.63) is 78.5 Å². The van der Waals surface area contributed by atoms with Crippen LogP contribution in [0, 0.1) is 28.4 Å². The molecule has 136 valence electrons. The molecule has 0 fully saturated rings. The van der Waals surface area contributed by atoms with Crippen molar-refractivity contribution in [3.63, 3.8) is 0 Å². The maximum atomic E-state index is 13.2. The summed E-state index contributed by atoms with van der Waals surface area (Å²) >= 11 is 12.2. The third kappa shape index (κ3) is 2.99. The number of aromatic amines is 1. The molecule has 0 spiro atoms. The molecule has 4 aromatic rings. The lowest BCUT2D eigenvalue weighted by molar-refractivity contribution is 0.627. The van der Waals surface area contributed by atoms with Crippen LogP contribution >= 0.6 is 35.8 Å². The molecule has 0 saturated carbocycles. The van der Waals surface area contributed by atoms with E-state index in [0.29, 0.717) is 20.0 Å². The third-order valence-electron chi connectivity index (χ3n) is 4.31. The summed E-state index contributed by atoms with van der Waals surface area (Å²) in [5, 5.41) is 0. The molecule has 0 radical (unpaired) electrons. The number of hydrogen-bond donors (Lipinski definition) is 1. The molecule has 4 rings (SSSR count). The van der Waals surface area contributed by atoms with E-state index in [4.69, 9.17) is 24.4 Å². The van der Waals surface area contributed by atoms with E-state index in [0.717, 1.165) is 16.8 Å². The van der Waals surface area contributed by atoms with Gasteiger partial charge in [-0.2, -0.15) is 0 Å². The van der Waals surface area contributed by atoms with Gasteiger partial charge in [0.05, 0.1) is 11.4 Å². The number of thiazole rings is 1. The molecular weight excluding hydrogens is 401 g/mol. The smallest absolute Gasteiger partial charge is 0.278 e. The van der Waals surface area contributed by atoms with E-state index < -0.39 is 0 Å². The Bertz CT molecular complexity index is 1360. The van der Waals surface area contributed by atoms with E-state index >= 15 is 0 Å². The second-order valence-electron chi connectivity index (χ2n) is 6.22. The number of H-pyrrole nitrogens is 1. The van der Waals surface area contributed by atoms with Crippen LogP contribution < -0.4 is 5.56 Å². The highest BCUT2D eigenvalue weighted by Gasteiger charge is 2.16. The summed E-state index contributed by atoms with van der Waals surface area (Å²) in [4.78, 5) is 16.2. The molecule has 0 aliphatic rings. The lowest BCUT2D eigenvalue weighted by atomic mass is 10.1. The quantitative estimate of drug-likeness (QED) is 0.447. The largest absolute Gasteiger partial charge is 0.316 e. The van der Waals surface area contributed by atoms with Gasteiger partial charge in [-0.25, -0.2) is 4.39 Å². The van der Waals surface area contributed by atoms with Crippen molar-refractivity contribution >= 4 is 46.1 Å². The van der Waals surface area contributed by atoms with Gasteiger partial charge in [-0.3, -0.25) is 13.9 Å². The van der Waals surface area contributed by atoms with Crippen molar-refractivity contribution in [1.82, 2.24) is 14.1 Å². The van der Waals surface area contributed by atoms with Gasteiger partial charge in [0.25, 0.3) is 5.56 Å². The summed E-state index contributed by atoms with van der Waals surface area (Å²) in [5.41, 5.74) is 3.90. The molecular formula is C19H14FN3OS3. The van der Waals surface area contributed by atoms with Crippen LogP contribution in [0.25, 0.3) is 21.7 Å². The van der Waals surface area contributed by atoms with Crippen LogP contribution in [-0.4, -0.2) is 14.1 Å². The van der Waals surface area contributed by atoms with Crippen LogP contribution in [0.5, 0.6) is 0 Å². The molecule has 2 aromatic carbocycles. The normalized spacial score (nSPS) is 11.2. The molecule has 0 atom stereocenters. The van der Waals surface area contributed by atoms with Crippen LogP contribution in [0.3, 0.4) is 0 Å². The molecule has 2 heterocycles. The molecule has 0 aliphatic heterocycles. The summed E-state index contributed by atoms with van der Waals surface area (Å²) in [6.45, 7) is 4.03. The van der Waals surface area contributed by atoms with Gasteiger partial charge in [-0.1, -0.05) is 29.0 Å². The highest BCUT2D eigenvalue weighted by Crippen LogP contribution is 2.26. The molecule has 0 bridgehead atoms. The Kier molecular flexibility index (Phi) is 4.41.